The number of aliphatic carboxylic acids is 1. The van der Waals surface area contributed by atoms with Crippen LogP contribution in [0.2, 0.25) is 0 Å². The highest BCUT2D eigenvalue weighted by atomic mass is 16.5. The van der Waals surface area contributed by atoms with E-state index >= 15 is 0 Å². The number of ether oxygens (including phenoxy) is 1. The monoisotopic (exact) mass is 455 g/mol. The molecule has 172 valence electrons. The molecule has 0 aliphatic rings. The molecular weight excluding hydrogens is 430 g/mol. The van der Waals surface area contributed by atoms with Crippen molar-refractivity contribution in [2.75, 3.05) is 11.9 Å². The molecule has 0 aliphatic carbocycles. The number of carboxylic acid groups (broad SMARTS) is 1. The third kappa shape index (κ3) is 5.04. The Balaban J connectivity index is 1.45. The summed E-state index contributed by atoms with van der Waals surface area (Å²) in [5.41, 5.74) is 2.90. The Morgan fingerprint density at radius 1 is 0.971 bits per heavy atom. The van der Waals surface area contributed by atoms with E-state index in [1.54, 1.807) is 26.2 Å². The van der Waals surface area contributed by atoms with Crippen LogP contribution in [0.15, 0.2) is 73.1 Å². The summed E-state index contributed by atoms with van der Waals surface area (Å²) in [4.78, 5) is 32.3. The van der Waals surface area contributed by atoms with Crippen LogP contribution < -0.4 is 10.1 Å². The van der Waals surface area contributed by atoms with Crippen LogP contribution in [0, 0.1) is 12.3 Å². The Kier molecular flexibility index (Phi) is 6.27. The molecule has 0 spiro atoms. The van der Waals surface area contributed by atoms with Crippen molar-refractivity contribution in [2.24, 2.45) is 5.41 Å². The molecule has 0 atom stereocenters. The SMILES string of the molecule is Cc1cc(NC(=O)c2ccc3ccccc3c2)ccc1-c1cnc(OCC(C)(C)C(=O)O)nc1. The number of rotatable bonds is 7. The molecule has 2 N–H and O–H groups in total. The zero-order valence-electron chi connectivity index (χ0n) is 19.2. The highest BCUT2D eigenvalue weighted by Crippen LogP contribution is 2.26. The molecule has 1 aromatic heterocycles. The molecule has 4 aromatic rings. The van der Waals surface area contributed by atoms with Crippen LogP contribution in [-0.4, -0.2) is 33.6 Å². The van der Waals surface area contributed by atoms with Crippen LogP contribution in [0.25, 0.3) is 21.9 Å². The number of amides is 1. The fraction of sp³-hybridized carbons (Fsp3) is 0.185. The van der Waals surface area contributed by atoms with Gasteiger partial charge in [-0.3, -0.25) is 9.59 Å². The molecular formula is C27H25N3O4. The van der Waals surface area contributed by atoms with Crippen LogP contribution in [0.3, 0.4) is 0 Å². The van der Waals surface area contributed by atoms with Crippen LogP contribution in [0.4, 0.5) is 5.69 Å². The van der Waals surface area contributed by atoms with Gasteiger partial charge >= 0.3 is 12.0 Å². The summed E-state index contributed by atoms with van der Waals surface area (Å²) in [5.74, 6) is -1.13. The molecule has 0 radical (unpaired) electrons. The van der Waals surface area contributed by atoms with Gasteiger partial charge in [-0.2, -0.15) is 0 Å². The Morgan fingerprint density at radius 3 is 2.35 bits per heavy atom. The molecule has 34 heavy (non-hydrogen) atoms. The molecule has 0 aliphatic heterocycles. The Hall–Kier alpha value is -4.26. The van der Waals surface area contributed by atoms with Gasteiger partial charge in [0, 0.05) is 29.2 Å². The summed E-state index contributed by atoms with van der Waals surface area (Å²) in [5, 5.41) is 14.2. The van der Waals surface area contributed by atoms with Crippen molar-refractivity contribution in [1.82, 2.24) is 9.97 Å². The van der Waals surface area contributed by atoms with E-state index in [2.05, 4.69) is 15.3 Å². The van der Waals surface area contributed by atoms with E-state index in [9.17, 15) is 14.7 Å². The molecule has 0 saturated heterocycles. The van der Waals surface area contributed by atoms with Gasteiger partial charge in [0.15, 0.2) is 0 Å². The normalized spacial score (nSPS) is 11.3. The molecule has 0 unspecified atom stereocenters. The Labute approximate surface area is 197 Å². The molecule has 0 bridgehead atoms. The molecule has 1 amide bonds. The number of carboxylic acids is 1. The number of nitrogens with one attached hydrogen (secondary N) is 1. The summed E-state index contributed by atoms with van der Waals surface area (Å²) in [6.07, 6.45) is 3.26. The van der Waals surface area contributed by atoms with Crippen molar-refractivity contribution in [2.45, 2.75) is 20.8 Å². The van der Waals surface area contributed by atoms with E-state index in [0.29, 0.717) is 11.3 Å². The average Bonchev–Trinajstić information content (AvgIpc) is 2.83. The van der Waals surface area contributed by atoms with Crippen molar-refractivity contribution in [3.63, 3.8) is 0 Å². The standard InChI is InChI=1S/C27H25N3O4/c1-17-12-22(30-24(31)20-9-8-18-6-4-5-7-19(18)13-20)10-11-23(17)21-14-28-26(29-15-21)34-16-27(2,3)25(32)33/h4-15H,16H2,1-3H3,(H,30,31)(H,32,33). The second-order valence-corrected chi connectivity index (χ2v) is 8.78. The highest BCUT2D eigenvalue weighted by Gasteiger charge is 2.28. The summed E-state index contributed by atoms with van der Waals surface area (Å²) in [6.45, 7) is 5.06. The van der Waals surface area contributed by atoms with Gasteiger partial charge in [-0.25, -0.2) is 9.97 Å². The van der Waals surface area contributed by atoms with Crippen LogP contribution in [0.1, 0.15) is 29.8 Å². The van der Waals surface area contributed by atoms with E-state index in [1.165, 1.54) is 0 Å². The van der Waals surface area contributed by atoms with Crippen molar-refractivity contribution >= 4 is 28.3 Å². The third-order valence-electron chi connectivity index (χ3n) is 5.58. The number of hydrogen-bond acceptors (Lipinski definition) is 5. The number of aryl methyl sites for hydroxylation is 1. The quantitative estimate of drug-likeness (QED) is 0.390. The summed E-state index contributed by atoms with van der Waals surface area (Å²) in [7, 11) is 0. The molecule has 7 heteroatoms. The van der Waals surface area contributed by atoms with Crippen LogP contribution in [0.5, 0.6) is 6.01 Å². The number of benzene rings is 3. The second kappa shape index (κ2) is 9.31. The lowest BCUT2D eigenvalue weighted by atomic mass is 9.95. The summed E-state index contributed by atoms with van der Waals surface area (Å²) >= 11 is 0. The number of carbonyl (C=O) groups excluding carboxylic acids is 1. The van der Waals surface area contributed by atoms with Gasteiger partial charge < -0.3 is 15.2 Å². The van der Waals surface area contributed by atoms with E-state index in [4.69, 9.17) is 4.74 Å². The lowest BCUT2D eigenvalue weighted by Gasteiger charge is -2.18. The first kappa shape index (κ1) is 22.9. The lowest BCUT2D eigenvalue weighted by Crippen LogP contribution is -2.31. The van der Waals surface area contributed by atoms with Crippen LogP contribution >= 0.6 is 0 Å². The van der Waals surface area contributed by atoms with Crippen LogP contribution in [-0.2, 0) is 4.79 Å². The fourth-order valence-corrected chi connectivity index (χ4v) is 3.44. The number of carbonyl (C=O) groups is 2. The van der Waals surface area contributed by atoms with Crippen molar-refractivity contribution < 1.29 is 19.4 Å². The van der Waals surface area contributed by atoms with E-state index in [1.807, 2.05) is 67.6 Å². The third-order valence-corrected chi connectivity index (χ3v) is 5.58. The van der Waals surface area contributed by atoms with E-state index in [-0.39, 0.29) is 18.5 Å². The van der Waals surface area contributed by atoms with Gasteiger partial charge in [-0.05, 0) is 66.9 Å². The molecule has 1 heterocycles. The fourth-order valence-electron chi connectivity index (χ4n) is 3.44. The molecule has 7 nitrogen and oxygen atoms in total. The largest absolute Gasteiger partial charge is 0.481 e. The first-order valence-electron chi connectivity index (χ1n) is 10.8. The van der Waals surface area contributed by atoms with Gasteiger partial charge in [0.25, 0.3) is 5.91 Å². The minimum atomic E-state index is -1.04. The second-order valence-electron chi connectivity index (χ2n) is 8.78. The first-order chi connectivity index (χ1) is 16.2. The van der Waals surface area contributed by atoms with E-state index < -0.39 is 11.4 Å². The first-order valence-corrected chi connectivity index (χ1v) is 10.8. The predicted octanol–water partition coefficient (Wildman–Crippen LogP) is 5.35. The Morgan fingerprint density at radius 2 is 1.68 bits per heavy atom. The maximum absolute atomic E-state index is 12.8. The molecule has 4 rings (SSSR count). The molecule has 0 saturated carbocycles. The minimum Gasteiger partial charge on any atom is -0.481 e. The minimum absolute atomic E-state index is 0.0354. The van der Waals surface area contributed by atoms with Crippen molar-refractivity contribution in [3.8, 4) is 17.1 Å². The molecule has 3 aromatic carbocycles. The maximum Gasteiger partial charge on any atom is 0.316 e. The van der Waals surface area contributed by atoms with Gasteiger partial charge in [0.2, 0.25) is 0 Å². The summed E-state index contributed by atoms with van der Waals surface area (Å²) < 4.78 is 5.43. The van der Waals surface area contributed by atoms with E-state index in [0.717, 1.165) is 27.5 Å². The Bertz CT molecular complexity index is 1360. The number of fused-ring (bicyclic) bond motifs is 1. The van der Waals surface area contributed by atoms with Gasteiger partial charge in [-0.15, -0.1) is 0 Å². The van der Waals surface area contributed by atoms with Gasteiger partial charge in [-0.1, -0.05) is 36.4 Å². The molecule has 0 fully saturated rings. The number of anilines is 1. The zero-order chi connectivity index (χ0) is 24.3. The topological polar surface area (TPSA) is 101 Å². The zero-order valence-corrected chi connectivity index (χ0v) is 19.2. The van der Waals surface area contributed by atoms with Crippen molar-refractivity contribution in [3.05, 3.63) is 84.2 Å². The maximum atomic E-state index is 12.8. The summed E-state index contributed by atoms with van der Waals surface area (Å²) in [6, 6.07) is 19.3. The number of nitrogens with zero attached hydrogens (tertiary/aromatic N) is 2. The number of hydrogen-bond donors (Lipinski definition) is 2. The van der Waals surface area contributed by atoms with Crippen molar-refractivity contribution in [1.29, 1.82) is 0 Å². The highest BCUT2D eigenvalue weighted by molar-refractivity contribution is 6.06. The number of aromatic nitrogens is 2. The predicted molar refractivity (Wildman–Crippen MR) is 131 cm³/mol. The smallest absolute Gasteiger partial charge is 0.316 e. The van der Waals surface area contributed by atoms with Gasteiger partial charge in [0.1, 0.15) is 6.61 Å². The van der Waals surface area contributed by atoms with Gasteiger partial charge in [0.05, 0.1) is 5.41 Å². The lowest BCUT2D eigenvalue weighted by molar-refractivity contribution is -0.148. The average molecular weight is 456 g/mol.